The Morgan fingerprint density at radius 1 is 0.500 bits per heavy atom. The van der Waals surface area contributed by atoms with Crippen LogP contribution in [-0.2, 0) is 0 Å². The van der Waals surface area contributed by atoms with Gasteiger partial charge in [-0.05, 0) is 0 Å². The molecule has 9 heteroatoms. The average Bonchev–Trinajstić information content (AvgIpc) is 3.80. The van der Waals surface area contributed by atoms with Crippen LogP contribution in [-0.4, -0.2) is 62.6 Å². The van der Waals surface area contributed by atoms with E-state index in [0.29, 0.717) is 30.5 Å². The Morgan fingerprint density at radius 3 is 1.48 bits per heavy atom. The van der Waals surface area contributed by atoms with Crippen LogP contribution in [0.2, 0.25) is 0 Å². The summed E-state index contributed by atoms with van der Waals surface area (Å²) >= 11 is 0.560. The molecule has 0 radical (unpaired) electrons. The van der Waals surface area contributed by atoms with Gasteiger partial charge >= 0.3 is 278 Å². The van der Waals surface area contributed by atoms with E-state index >= 15 is 0 Å². The molecule has 0 bridgehead atoms. The molecule has 0 atom stereocenters. The van der Waals surface area contributed by atoms with Gasteiger partial charge in [-0.1, -0.05) is 0 Å². The first-order valence-electron chi connectivity index (χ1n) is 15.1. The van der Waals surface area contributed by atoms with Crippen molar-refractivity contribution in [2.45, 2.75) is 6.92 Å². The first-order chi connectivity index (χ1) is 22.7. The van der Waals surface area contributed by atoms with Crippen molar-refractivity contribution in [2.24, 2.45) is 0 Å². The molecule has 10 aromatic rings. The summed E-state index contributed by atoms with van der Waals surface area (Å²) in [5.41, 5.74) is 12.0. The van der Waals surface area contributed by atoms with Crippen LogP contribution in [0.1, 0.15) is 5.69 Å². The number of aromatic nitrogens is 8. The zero-order chi connectivity index (χ0) is 30.5. The van der Waals surface area contributed by atoms with Crippen LogP contribution in [0.4, 0.5) is 0 Å². The maximum absolute atomic E-state index is 5.22. The molecular weight excluding hydrogens is 765 g/mol. The fourth-order valence-corrected chi connectivity index (χ4v) is 8.40. The molecule has 5 aromatic heterocycles. The molecule has 10 rings (SSSR count). The van der Waals surface area contributed by atoms with E-state index in [2.05, 4.69) is 122 Å². The van der Waals surface area contributed by atoms with Gasteiger partial charge in [0, 0.05) is 0 Å². The molecular formula is C37H25BiN8. The number of hydrogen-bond donors (Lipinski definition) is 0. The Hall–Kier alpha value is -5.40. The summed E-state index contributed by atoms with van der Waals surface area (Å²) in [6.45, 7) is 2.06. The second-order valence-electron chi connectivity index (χ2n) is 11.6. The number of hydrogen-bond acceptors (Lipinski definition) is 4. The Labute approximate surface area is 277 Å². The molecule has 0 aliphatic heterocycles. The molecule has 0 N–H and O–H groups in total. The van der Waals surface area contributed by atoms with Gasteiger partial charge in [0.25, 0.3) is 0 Å². The van der Waals surface area contributed by atoms with Crippen LogP contribution in [0, 0.1) is 6.92 Å². The minimum absolute atomic E-state index is 0.560. The van der Waals surface area contributed by atoms with Crippen molar-refractivity contribution in [1.82, 2.24) is 37.9 Å². The Balaban J connectivity index is 1.56. The van der Waals surface area contributed by atoms with Gasteiger partial charge in [-0.25, -0.2) is 0 Å². The molecule has 8 nitrogen and oxygen atoms in total. The first-order valence-corrected chi connectivity index (χ1v) is 17.4. The quantitative estimate of drug-likeness (QED) is 0.200. The Bertz CT molecular complexity index is 2640. The van der Waals surface area contributed by atoms with Crippen molar-refractivity contribution in [3.8, 4) is 22.8 Å². The van der Waals surface area contributed by atoms with Crippen LogP contribution in [0.15, 0.2) is 121 Å². The number of nitrogens with zero attached hydrogens (tertiary/aromatic N) is 8. The van der Waals surface area contributed by atoms with Crippen LogP contribution >= 0.6 is 0 Å². The van der Waals surface area contributed by atoms with Gasteiger partial charge in [-0.3, -0.25) is 0 Å². The summed E-state index contributed by atoms with van der Waals surface area (Å²) < 4.78 is 10.2. The molecule has 0 unspecified atom stereocenters. The third kappa shape index (κ3) is 3.52. The van der Waals surface area contributed by atoms with E-state index in [-0.39, 0.29) is 0 Å². The Kier molecular flexibility index (Phi) is 5.37. The maximum atomic E-state index is 5.22. The SMILES string of the molecule is Cc1c[c]([BiH2])nc(-c2c3c(cc4c2n(-c2ccccc2)c2nc5ccccc5n42)n2c4ccccc4nc2n3-c2ccccc2)n1. The normalized spacial score (nSPS) is 12.1. The number of aryl methyl sites for hydroxylation is 1. The first kappa shape index (κ1) is 25.9. The van der Waals surface area contributed by atoms with Crippen molar-refractivity contribution >= 4 is 83.8 Å². The number of benzene rings is 5. The molecule has 5 aromatic carbocycles. The molecule has 5 heterocycles. The van der Waals surface area contributed by atoms with E-state index < -0.39 is 0 Å². The summed E-state index contributed by atoms with van der Waals surface area (Å²) in [6.07, 6.45) is 0. The summed E-state index contributed by atoms with van der Waals surface area (Å²) in [4.78, 5) is 20.8. The van der Waals surface area contributed by atoms with Crippen LogP contribution in [0.25, 0.3) is 78.5 Å². The van der Waals surface area contributed by atoms with Gasteiger partial charge in [0.05, 0.1) is 0 Å². The van der Waals surface area contributed by atoms with Crippen LogP contribution in [0.3, 0.4) is 0 Å². The number of rotatable bonds is 3. The molecule has 218 valence electrons. The summed E-state index contributed by atoms with van der Waals surface area (Å²) in [7, 11) is 0. The second kappa shape index (κ2) is 9.55. The minimum atomic E-state index is 0.560. The Morgan fingerprint density at radius 2 is 0.978 bits per heavy atom. The predicted molar refractivity (Wildman–Crippen MR) is 187 cm³/mol. The molecule has 0 aliphatic rings. The molecule has 0 saturated carbocycles. The van der Waals surface area contributed by atoms with E-state index in [1.807, 2.05) is 24.3 Å². The van der Waals surface area contributed by atoms with Crippen LogP contribution in [0.5, 0.6) is 0 Å². The van der Waals surface area contributed by atoms with Crippen molar-refractivity contribution in [3.63, 3.8) is 0 Å². The summed E-state index contributed by atoms with van der Waals surface area (Å²) in [5, 5.41) is 0. The van der Waals surface area contributed by atoms with E-state index in [0.717, 1.165) is 81.7 Å². The third-order valence-electron chi connectivity index (χ3n) is 8.77. The van der Waals surface area contributed by atoms with E-state index in [4.69, 9.17) is 19.9 Å². The van der Waals surface area contributed by atoms with Gasteiger partial charge in [0.15, 0.2) is 0 Å². The summed E-state index contributed by atoms with van der Waals surface area (Å²) in [5.74, 6) is 2.39. The van der Waals surface area contributed by atoms with Gasteiger partial charge < -0.3 is 0 Å². The van der Waals surface area contributed by atoms with Gasteiger partial charge in [0.1, 0.15) is 0 Å². The molecule has 46 heavy (non-hydrogen) atoms. The number of imidazole rings is 4. The van der Waals surface area contributed by atoms with Gasteiger partial charge in [-0.15, -0.1) is 0 Å². The molecule has 0 saturated heterocycles. The van der Waals surface area contributed by atoms with E-state index in [1.165, 1.54) is 0 Å². The van der Waals surface area contributed by atoms with E-state index in [9.17, 15) is 0 Å². The van der Waals surface area contributed by atoms with Crippen molar-refractivity contribution < 1.29 is 0 Å². The predicted octanol–water partition coefficient (Wildman–Crippen LogP) is 6.20. The molecule has 0 aliphatic carbocycles. The average molecular weight is 791 g/mol. The zero-order valence-electron chi connectivity index (χ0n) is 24.7. The monoisotopic (exact) mass is 790 g/mol. The number of fused-ring (bicyclic) bond motifs is 10. The van der Waals surface area contributed by atoms with Crippen LogP contribution < -0.4 is 3.40 Å². The fourth-order valence-electron chi connectivity index (χ4n) is 6.99. The third-order valence-corrected chi connectivity index (χ3v) is 9.92. The van der Waals surface area contributed by atoms with Gasteiger partial charge in [-0.2, -0.15) is 0 Å². The topological polar surface area (TPSA) is 70.2 Å². The van der Waals surface area contributed by atoms with Crippen molar-refractivity contribution in [3.05, 3.63) is 127 Å². The second-order valence-corrected chi connectivity index (χ2v) is 13.9. The molecule has 0 amide bonds. The van der Waals surface area contributed by atoms with E-state index in [1.54, 1.807) is 0 Å². The molecule has 0 fully saturated rings. The fraction of sp³-hybridized carbons (Fsp3) is 0.0270. The van der Waals surface area contributed by atoms with Gasteiger partial charge in [0.2, 0.25) is 0 Å². The van der Waals surface area contributed by atoms with Crippen molar-refractivity contribution in [1.29, 1.82) is 0 Å². The van der Waals surface area contributed by atoms with Crippen molar-refractivity contribution in [2.75, 3.05) is 0 Å². The standard InChI is InChI=1S/C37H23N8.Bi.2H/c1-23-20-21-38-35(39-23)32-33-30(44-28-18-10-8-16-26(28)40-36(44)42(33)24-12-4-2-5-13-24)22-31-34(32)43(25-14-6-3-7-15-25)37-41-27-17-9-11-19-29(27)45(31)37;;;/h2-20,22H,1H3;;;. The summed E-state index contributed by atoms with van der Waals surface area (Å²) in [6, 6.07) is 42.0. The zero-order valence-corrected chi connectivity index (χ0v) is 29.2. The number of para-hydroxylation sites is 6. The molecule has 0 spiro atoms.